The summed E-state index contributed by atoms with van der Waals surface area (Å²) >= 11 is 0. The second-order valence-electron chi connectivity index (χ2n) is 29.9. The molecule has 0 radical (unpaired) electrons. The molecule has 0 saturated heterocycles. The molecule has 582 valence electrons. The lowest BCUT2D eigenvalue weighted by Gasteiger charge is -2.21. The average Bonchev–Trinajstić information content (AvgIpc) is 1.84. The number of aliphatic hydroxyl groups excluding tert-OH is 1. The molecule has 19 heteroatoms. The van der Waals surface area contributed by atoms with Crippen molar-refractivity contribution in [2.75, 3.05) is 39.6 Å². The van der Waals surface area contributed by atoms with Crippen molar-refractivity contribution in [3.8, 4) is 0 Å². The number of carbonyl (C=O) groups is 4. The zero-order chi connectivity index (χ0) is 72.3. The molecule has 17 nitrogen and oxygen atoms in total. The second-order valence-corrected chi connectivity index (χ2v) is 32.8. The van der Waals surface area contributed by atoms with E-state index in [0.717, 1.165) is 108 Å². The van der Waals surface area contributed by atoms with E-state index in [1.165, 1.54) is 218 Å². The first kappa shape index (κ1) is 96.1. The first-order chi connectivity index (χ1) is 47.2. The molecule has 0 aliphatic carbocycles. The van der Waals surface area contributed by atoms with Gasteiger partial charge in [-0.05, 0) is 43.4 Å². The van der Waals surface area contributed by atoms with Crippen molar-refractivity contribution in [1.29, 1.82) is 0 Å². The molecular formula is C79H154O17P2. The minimum atomic E-state index is -4.96. The molecule has 0 aromatic carbocycles. The molecule has 0 rings (SSSR count). The highest BCUT2D eigenvalue weighted by Gasteiger charge is 2.30. The highest BCUT2D eigenvalue weighted by molar-refractivity contribution is 7.47. The fourth-order valence-corrected chi connectivity index (χ4v) is 13.7. The van der Waals surface area contributed by atoms with Gasteiger partial charge in [0, 0.05) is 25.7 Å². The Bertz CT molecular complexity index is 1900. The first-order valence-corrected chi connectivity index (χ1v) is 43.8. The molecule has 2 unspecified atom stereocenters. The third-order valence-corrected chi connectivity index (χ3v) is 20.3. The smallest absolute Gasteiger partial charge is 0.462 e. The molecule has 0 aliphatic rings. The number of esters is 4. The van der Waals surface area contributed by atoms with E-state index in [4.69, 9.17) is 37.0 Å². The Morgan fingerprint density at radius 1 is 0.276 bits per heavy atom. The molecule has 0 heterocycles. The van der Waals surface area contributed by atoms with Gasteiger partial charge >= 0.3 is 39.5 Å². The molecule has 0 aromatic heterocycles. The van der Waals surface area contributed by atoms with Gasteiger partial charge in [0.2, 0.25) is 0 Å². The number of phosphoric acid groups is 2. The van der Waals surface area contributed by atoms with Gasteiger partial charge in [0.15, 0.2) is 12.2 Å². The van der Waals surface area contributed by atoms with Gasteiger partial charge in [-0.25, -0.2) is 9.13 Å². The monoisotopic (exact) mass is 1440 g/mol. The SMILES string of the molecule is CCCCCCCCCCCCCCCCCCCC(=O)OC[C@H](COP(=O)(O)OC[C@@H](O)COP(=O)(O)OC[C@@H](COC(=O)CCCCCCCCCCCC(C)C)OC(=O)CCCCCCCCCCCC(C)C)OC(=O)CCCCCCCCCCCCCCCCC(C)C. The Balaban J connectivity index is 5.25. The summed E-state index contributed by atoms with van der Waals surface area (Å²) < 4.78 is 68.7. The number of aliphatic hydroxyl groups is 1. The van der Waals surface area contributed by atoms with Crippen molar-refractivity contribution < 1.29 is 80.2 Å². The normalized spacial score (nSPS) is 14.0. The summed E-state index contributed by atoms with van der Waals surface area (Å²) in [6.45, 7) is 11.9. The van der Waals surface area contributed by atoms with Gasteiger partial charge in [0.1, 0.15) is 19.3 Å². The number of unbranched alkanes of at least 4 members (excludes halogenated alkanes) is 45. The molecule has 0 aromatic rings. The van der Waals surface area contributed by atoms with Crippen LogP contribution in [0.1, 0.15) is 408 Å². The Hall–Kier alpha value is -1.94. The van der Waals surface area contributed by atoms with E-state index < -0.39 is 97.5 Å². The Labute approximate surface area is 600 Å². The molecule has 0 fully saturated rings. The van der Waals surface area contributed by atoms with Gasteiger partial charge < -0.3 is 33.8 Å². The van der Waals surface area contributed by atoms with Crippen LogP contribution in [0.2, 0.25) is 0 Å². The van der Waals surface area contributed by atoms with E-state index in [0.29, 0.717) is 25.7 Å². The maximum absolute atomic E-state index is 13.1. The van der Waals surface area contributed by atoms with E-state index in [1.807, 2.05) is 0 Å². The summed E-state index contributed by atoms with van der Waals surface area (Å²) in [5, 5.41) is 10.6. The zero-order valence-electron chi connectivity index (χ0n) is 64.3. The first-order valence-electron chi connectivity index (χ1n) is 40.8. The molecule has 0 aliphatic heterocycles. The minimum Gasteiger partial charge on any atom is -0.462 e. The van der Waals surface area contributed by atoms with Crippen molar-refractivity contribution in [3.63, 3.8) is 0 Å². The summed E-state index contributed by atoms with van der Waals surface area (Å²) in [6.07, 6.45) is 56.9. The van der Waals surface area contributed by atoms with Crippen molar-refractivity contribution in [1.82, 2.24) is 0 Å². The van der Waals surface area contributed by atoms with Crippen molar-refractivity contribution in [2.45, 2.75) is 426 Å². The van der Waals surface area contributed by atoms with E-state index in [2.05, 4.69) is 48.5 Å². The van der Waals surface area contributed by atoms with Crippen LogP contribution in [0.25, 0.3) is 0 Å². The number of ether oxygens (including phenoxy) is 4. The molecule has 5 atom stereocenters. The topological polar surface area (TPSA) is 237 Å². The lowest BCUT2D eigenvalue weighted by atomic mass is 10.0. The Kier molecular flexibility index (Phi) is 68.1. The number of phosphoric ester groups is 2. The quantitative estimate of drug-likeness (QED) is 0.0222. The number of hydrogen-bond donors (Lipinski definition) is 3. The van der Waals surface area contributed by atoms with Gasteiger partial charge in [-0.2, -0.15) is 0 Å². The second kappa shape index (κ2) is 69.4. The Morgan fingerprint density at radius 2 is 0.469 bits per heavy atom. The molecule has 3 N–H and O–H groups in total. The zero-order valence-corrected chi connectivity index (χ0v) is 66.0. The van der Waals surface area contributed by atoms with Crippen LogP contribution in [-0.4, -0.2) is 96.7 Å². The number of rotatable bonds is 77. The summed E-state index contributed by atoms with van der Waals surface area (Å²) in [5.41, 5.74) is 0. The third-order valence-electron chi connectivity index (χ3n) is 18.4. The lowest BCUT2D eigenvalue weighted by molar-refractivity contribution is -0.161. The van der Waals surface area contributed by atoms with Crippen LogP contribution >= 0.6 is 15.6 Å². The fourth-order valence-electron chi connectivity index (χ4n) is 12.1. The van der Waals surface area contributed by atoms with Crippen LogP contribution in [0, 0.1) is 17.8 Å². The molecule has 0 amide bonds. The predicted octanol–water partition coefficient (Wildman–Crippen LogP) is 23.4. The van der Waals surface area contributed by atoms with Crippen molar-refractivity contribution in [2.24, 2.45) is 17.8 Å². The van der Waals surface area contributed by atoms with Crippen LogP contribution < -0.4 is 0 Å². The summed E-state index contributed by atoms with van der Waals surface area (Å²) in [4.78, 5) is 73.0. The van der Waals surface area contributed by atoms with Crippen LogP contribution in [0.15, 0.2) is 0 Å². The van der Waals surface area contributed by atoms with Gasteiger partial charge in [0.25, 0.3) is 0 Å². The van der Waals surface area contributed by atoms with E-state index in [-0.39, 0.29) is 25.7 Å². The van der Waals surface area contributed by atoms with Crippen LogP contribution in [-0.2, 0) is 65.4 Å². The summed E-state index contributed by atoms with van der Waals surface area (Å²) in [5.74, 6) is 0.162. The van der Waals surface area contributed by atoms with E-state index >= 15 is 0 Å². The summed E-state index contributed by atoms with van der Waals surface area (Å²) in [6, 6.07) is 0. The van der Waals surface area contributed by atoms with Crippen molar-refractivity contribution in [3.05, 3.63) is 0 Å². The maximum Gasteiger partial charge on any atom is 0.472 e. The maximum atomic E-state index is 13.1. The highest BCUT2D eigenvalue weighted by atomic mass is 31.2. The van der Waals surface area contributed by atoms with E-state index in [1.54, 1.807) is 0 Å². The predicted molar refractivity (Wildman–Crippen MR) is 400 cm³/mol. The molecule has 98 heavy (non-hydrogen) atoms. The van der Waals surface area contributed by atoms with Gasteiger partial charge in [0.05, 0.1) is 26.4 Å². The van der Waals surface area contributed by atoms with Crippen LogP contribution in [0.4, 0.5) is 0 Å². The fraction of sp³-hybridized carbons (Fsp3) is 0.949. The van der Waals surface area contributed by atoms with Crippen LogP contribution in [0.5, 0.6) is 0 Å². The standard InChI is InChI=1S/C79H154O17P2/c1-8-9-10-11-12-13-14-15-16-17-18-22-25-32-39-46-53-60-76(81)89-66-74(95-78(83)62-55-48-41-33-26-23-20-19-21-24-29-36-43-50-57-70(2)3)68-93-97(85,86)91-64-73(80)65-92-98(87,88)94-69-75(96-79(84)63-56-49-42-35-28-31-38-45-52-59-72(6)7)67-90-77(82)61-54-47-40-34-27-30-37-44-51-58-71(4)5/h70-75,80H,8-69H2,1-7H3,(H,85,86)(H,87,88)/t73-,74-,75-/m1/s1. The van der Waals surface area contributed by atoms with Crippen LogP contribution in [0.3, 0.4) is 0 Å². The number of hydrogen-bond acceptors (Lipinski definition) is 15. The van der Waals surface area contributed by atoms with Gasteiger partial charge in [-0.15, -0.1) is 0 Å². The van der Waals surface area contributed by atoms with E-state index in [9.17, 15) is 43.2 Å². The molecule has 0 spiro atoms. The highest BCUT2D eigenvalue weighted by Crippen LogP contribution is 2.45. The Morgan fingerprint density at radius 3 is 0.694 bits per heavy atom. The molecule has 0 bridgehead atoms. The molecular weight excluding hydrogens is 1280 g/mol. The summed E-state index contributed by atoms with van der Waals surface area (Å²) in [7, 11) is -9.92. The minimum absolute atomic E-state index is 0.105. The molecule has 0 saturated carbocycles. The number of carbonyl (C=O) groups excluding carboxylic acids is 4. The largest absolute Gasteiger partial charge is 0.472 e. The van der Waals surface area contributed by atoms with Crippen molar-refractivity contribution >= 4 is 39.5 Å². The van der Waals surface area contributed by atoms with Gasteiger partial charge in [-0.1, -0.05) is 357 Å². The lowest BCUT2D eigenvalue weighted by Crippen LogP contribution is -2.30. The average molecular weight is 1440 g/mol. The third kappa shape index (κ3) is 72.4. The van der Waals surface area contributed by atoms with Gasteiger partial charge in [-0.3, -0.25) is 37.3 Å².